The number of likely N-dealkylation sites (N-methyl/N-ethyl adjacent to an activating group) is 1. The third kappa shape index (κ3) is 6.17. The Balaban J connectivity index is 1.63. The molecule has 0 radical (unpaired) electrons. The average molecular weight is 599 g/mol. The van der Waals surface area contributed by atoms with Crippen LogP contribution in [0.25, 0.3) is 0 Å². The molecule has 14 heteroatoms. The molecule has 0 unspecified atom stereocenters. The molecule has 1 aliphatic carbocycles. The molecular formula is C26H23ClF4N4O4S. The van der Waals surface area contributed by atoms with Gasteiger partial charge in [0.15, 0.2) is 4.90 Å². The highest BCUT2D eigenvalue weighted by Gasteiger charge is 2.45. The first-order chi connectivity index (χ1) is 18.7. The summed E-state index contributed by atoms with van der Waals surface area (Å²) in [5.74, 6) is -2.79. The number of carbonyl (C=O) groups is 2. The van der Waals surface area contributed by atoms with Crippen LogP contribution in [0.3, 0.4) is 0 Å². The second-order valence-corrected chi connectivity index (χ2v) is 11.1. The largest absolute Gasteiger partial charge is 0.588 e. The van der Waals surface area contributed by atoms with Gasteiger partial charge in [-0.05, 0) is 62.6 Å². The zero-order chi connectivity index (χ0) is 29.4. The lowest BCUT2D eigenvalue weighted by molar-refractivity contribution is -0.137. The molecule has 2 aromatic carbocycles. The standard InChI is InChI=1S/C26H23ClF4N4O4S/c1-14-20(7-8-22(28)33-14)39-21-13-18(26(29,30)31)19(27)12-17(21)23(36)34-15-5-3-6-16(11-15)40(38)35(2)24(37)25(32)9-4-10-25/h3,5-8,11-13H,4,9-10,32H2,1-2H3,(H,34,36)/t40-/m1/s1. The molecule has 1 fully saturated rings. The Hall–Kier alpha value is -3.39. The van der Waals surface area contributed by atoms with E-state index in [-0.39, 0.29) is 27.6 Å². The van der Waals surface area contributed by atoms with Gasteiger partial charge in [-0.25, -0.2) is 4.98 Å². The summed E-state index contributed by atoms with van der Waals surface area (Å²) >= 11 is 3.92. The van der Waals surface area contributed by atoms with Crippen molar-refractivity contribution in [2.45, 2.75) is 42.8 Å². The molecule has 1 atom stereocenters. The van der Waals surface area contributed by atoms with Crippen LogP contribution in [0.4, 0.5) is 23.2 Å². The van der Waals surface area contributed by atoms with E-state index in [1.807, 2.05) is 0 Å². The number of amides is 2. The SMILES string of the molecule is Cc1nc(F)ccc1Oc1cc(C(F)(F)F)c(Cl)cc1C(=O)Nc1cccc([S@@+]([O-])N(C)C(=O)C2(N)CCC2)c1. The van der Waals surface area contributed by atoms with Crippen LogP contribution in [0, 0.1) is 12.9 Å². The first-order valence-electron chi connectivity index (χ1n) is 11.8. The van der Waals surface area contributed by atoms with Gasteiger partial charge in [0, 0.05) is 11.8 Å². The Morgan fingerprint density at radius 3 is 2.48 bits per heavy atom. The molecule has 40 heavy (non-hydrogen) atoms. The predicted octanol–water partition coefficient (Wildman–Crippen LogP) is 5.61. The number of benzene rings is 2. The van der Waals surface area contributed by atoms with Crippen LogP contribution in [-0.4, -0.2) is 38.2 Å². The number of anilines is 1. The molecule has 0 aliphatic heterocycles. The summed E-state index contributed by atoms with van der Waals surface area (Å²) in [6.07, 6.45) is -3.10. The van der Waals surface area contributed by atoms with Crippen molar-refractivity contribution < 1.29 is 36.4 Å². The zero-order valence-electron chi connectivity index (χ0n) is 21.1. The molecule has 4 rings (SSSR count). The molecule has 0 spiro atoms. The summed E-state index contributed by atoms with van der Waals surface area (Å²) in [7, 11) is 1.36. The fourth-order valence-electron chi connectivity index (χ4n) is 3.98. The fraction of sp³-hybridized carbons (Fsp3) is 0.269. The number of rotatable bonds is 7. The monoisotopic (exact) mass is 598 g/mol. The smallest absolute Gasteiger partial charge is 0.417 e. The Bertz CT molecular complexity index is 1470. The van der Waals surface area contributed by atoms with Crippen LogP contribution >= 0.6 is 11.6 Å². The van der Waals surface area contributed by atoms with Crippen molar-refractivity contribution >= 4 is 40.5 Å². The van der Waals surface area contributed by atoms with E-state index < -0.39 is 57.2 Å². The van der Waals surface area contributed by atoms with Crippen LogP contribution in [0.2, 0.25) is 5.02 Å². The molecule has 3 N–H and O–H groups in total. The molecule has 1 saturated carbocycles. The fourth-order valence-corrected chi connectivity index (χ4v) is 5.32. The minimum absolute atomic E-state index is 0.0323. The highest BCUT2D eigenvalue weighted by atomic mass is 35.5. The number of aromatic nitrogens is 1. The summed E-state index contributed by atoms with van der Waals surface area (Å²) in [5.41, 5.74) is 3.55. The maximum Gasteiger partial charge on any atom is 0.417 e. The number of nitrogens with one attached hydrogen (secondary N) is 1. The van der Waals surface area contributed by atoms with E-state index in [0.717, 1.165) is 28.9 Å². The maximum absolute atomic E-state index is 13.6. The van der Waals surface area contributed by atoms with Crippen LogP contribution < -0.4 is 15.8 Å². The van der Waals surface area contributed by atoms with Gasteiger partial charge in [-0.3, -0.25) is 9.59 Å². The molecule has 1 aliphatic rings. The van der Waals surface area contributed by atoms with Crippen LogP contribution in [-0.2, 0) is 22.3 Å². The van der Waals surface area contributed by atoms with Crippen LogP contribution in [0.5, 0.6) is 11.5 Å². The number of halogens is 5. The number of pyridine rings is 1. The highest BCUT2D eigenvalue weighted by molar-refractivity contribution is 7.89. The van der Waals surface area contributed by atoms with Crippen molar-refractivity contribution in [3.8, 4) is 11.5 Å². The van der Waals surface area contributed by atoms with Gasteiger partial charge in [-0.2, -0.15) is 21.9 Å². The number of nitrogens with zero attached hydrogens (tertiary/aromatic N) is 2. The van der Waals surface area contributed by atoms with Crippen molar-refractivity contribution in [1.82, 2.24) is 9.29 Å². The van der Waals surface area contributed by atoms with Gasteiger partial charge in [0.2, 0.25) is 5.95 Å². The summed E-state index contributed by atoms with van der Waals surface area (Å²) < 4.78 is 73.7. The van der Waals surface area contributed by atoms with Crippen molar-refractivity contribution in [3.63, 3.8) is 0 Å². The Morgan fingerprint density at radius 2 is 1.88 bits per heavy atom. The minimum Gasteiger partial charge on any atom is -0.588 e. The van der Waals surface area contributed by atoms with Gasteiger partial charge in [0.05, 0.1) is 34.4 Å². The lowest BCUT2D eigenvalue weighted by Crippen LogP contribution is -2.59. The summed E-state index contributed by atoms with van der Waals surface area (Å²) in [6, 6.07) is 9.24. The predicted molar refractivity (Wildman–Crippen MR) is 140 cm³/mol. The van der Waals surface area contributed by atoms with Crippen molar-refractivity contribution in [2.75, 3.05) is 12.4 Å². The van der Waals surface area contributed by atoms with Gasteiger partial charge in [0.25, 0.3) is 11.8 Å². The van der Waals surface area contributed by atoms with Gasteiger partial charge < -0.3 is 20.3 Å². The number of alkyl halides is 3. The van der Waals surface area contributed by atoms with Crippen molar-refractivity contribution in [3.05, 3.63) is 76.3 Å². The van der Waals surface area contributed by atoms with E-state index in [1.165, 1.54) is 38.2 Å². The molecule has 0 bridgehead atoms. The first kappa shape index (κ1) is 29.6. The highest BCUT2D eigenvalue weighted by Crippen LogP contribution is 2.40. The number of aryl methyl sites for hydroxylation is 1. The van der Waals surface area contributed by atoms with E-state index in [2.05, 4.69) is 10.3 Å². The van der Waals surface area contributed by atoms with Crippen LogP contribution in [0.15, 0.2) is 53.4 Å². The molecule has 8 nitrogen and oxygen atoms in total. The van der Waals surface area contributed by atoms with Crippen molar-refractivity contribution in [1.29, 1.82) is 0 Å². The van der Waals surface area contributed by atoms with E-state index in [9.17, 15) is 31.7 Å². The lowest BCUT2D eigenvalue weighted by Gasteiger charge is -2.38. The molecule has 2 amide bonds. The summed E-state index contributed by atoms with van der Waals surface area (Å²) in [4.78, 5) is 29.6. The number of hydrogen-bond donors (Lipinski definition) is 2. The number of nitrogens with two attached hydrogens (primary N) is 1. The summed E-state index contributed by atoms with van der Waals surface area (Å²) in [5, 5.41) is 1.76. The van der Waals surface area contributed by atoms with Gasteiger partial charge in [-0.15, -0.1) is 0 Å². The van der Waals surface area contributed by atoms with Gasteiger partial charge in [0.1, 0.15) is 22.9 Å². The maximum atomic E-state index is 13.6. The van der Waals surface area contributed by atoms with Gasteiger partial charge >= 0.3 is 6.18 Å². The first-order valence-corrected chi connectivity index (χ1v) is 13.3. The normalized spacial score (nSPS) is 15.1. The van der Waals surface area contributed by atoms with E-state index in [4.69, 9.17) is 22.1 Å². The van der Waals surface area contributed by atoms with Crippen LogP contribution in [0.1, 0.15) is 40.9 Å². The number of ether oxygens (including phenoxy) is 1. The second kappa shape index (κ2) is 11.2. The van der Waals surface area contributed by atoms with Crippen molar-refractivity contribution in [2.24, 2.45) is 5.73 Å². The minimum atomic E-state index is -4.86. The molecule has 3 aromatic rings. The Kier molecular flexibility index (Phi) is 8.31. The second-order valence-electron chi connectivity index (χ2n) is 9.19. The number of carbonyl (C=O) groups excluding carboxylic acids is 2. The average Bonchev–Trinajstić information content (AvgIpc) is 2.87. The molecule has 1 aromatic heterocycles. The lowest BCUT2D eigenvalue weighted by atomic mass is 9.77. The molecule has 0 saturated heterocycles. The quantitative estimate of drug-likeness (QED) is 0.207. The third-order valence-corrected chi connectivity index (χ3v) is 7.98. The Labute approximate surface area is 234 Å². The molecule has 212 valence electrons. The van der Waals surface area contributed by atoms with E-state index in [1.54, 1.807) is 0 Å². The van der Waals surface area contributed by atoms with E-state index >= 15 is 0 Å². The topological polar surface area (TPSA) is 121 Å². The third-order valence-electron chi connectivity index (χ3n) is 6.34. The summed E-state index contributed by atoms with van der Waals surface area (Å²) in [6.45, 7) is 1.38. The van der Waals surface area contributed by atoms with E-state index in [0.29, 0.717) is 18.9 Å². The molecular weight excluding hydrogens is 576 g/mol. The number of hydrogen-bond acceptors (Lipinski definition) is 6. The van der Waals surface area contributed by atoms with Gasteiger partial charge in [-0.1, -0.05) is 17.7 Å². The molecule has 1 heterocycles. The Morgan fingerprint density at radius 1 is 1.18 bits per heavy atom. The zero-order valence-corrected chi connectivity index (χ0v) is 22.7.